The molecule has 0 bridgehead atoms. The van der Waals surface area contributed by atoms with Crippen molar-refractivity contribution in [1.29, 1.82) is 0 Å². The SMILES string of the molecule is CC(C)(C)c1cc(-c2ccc(Cl)c(F)c2)nc(I)c1O. The molecule has 0 atom stereocenters. The predicted octanol–water partition coefficient (Wildman–Crippen LogP) is 5.15. The zero-order chi connectivity index (χ0) is 15.1. The summed E-state index contributed by atoms with van der Waals surface area (Å²) in [5.74, 6) is -0.303. The van der Waals surface area contributed by atoms with Gasteiger partial charge in [0.05, 0.1) is 10.7 Å². The Balaban J connectivity index is 2.63. The molecule has 0 amide bonds. The van der Waals surface area contributed by atoms with E-state index in [1.807, 2.05) is 43.4 Å². The molecular formula is C15H14ClFINO. The summed E-state index contributed by atoms with van der Waals surface area (Å²) in [4.78, 5) is 4.31. The lowest BCUT2D eigenvalue weighted by atomic mass is 9.86. The minimum absolute atomic E-state index is 0.0817. The van der Waals surface area contributed by atoms with Gasteiger partial charge in [0.15, 0.2) is 5.75 Å². The molecule has 0 unspecified atom stereocenters. The normalized spacial score (nSPS) is 11.7. The molecule has 0 saturated carbocycles. The molecule has 2 rings (SSSR count). The lowest BCUT2D eigenvalue weighted by Crippen LogP contribution is -2.12. The first-order valence-electron chi connectivity index (χ1n) is 6.05. The highest BCUT2D eigenvalue weighted by molar-refractivity contribution is 14.1. The molecule has 20 heavy (non-hydrogen) atoms. The van der Waals surface area contributed by atoms with Crippen molar-refractivity contribution in [3.8, 4) is 17.0 Å². The van der Waals surface area contributed by atoms with Gasteiger partial charge in [-0.3, -0.25) is 0 Å². The van der Waals surface area contributed by atoms with Crippen molar-refractivity contribution in [1.82, 2.24) is 4.98 Å². The Morgan fingerprint density at radius 2 is 1.90 bits per heavy atom. The van der Waals surface area contributed by atoms with Gasteiger partial charge in [-0.15, -0.1) is 0 Å². The number of hydrogen-bond acceptors (Lipinski definition) is 2. The molecule has 2 aromatic rings. The first kappa shape index (κ1) is 15.5. The Kier molecular flexibility index (Phi) is 4.25. The average Bonchev–Trinajstić information content (AvgIpc) is 2.34. The van der Waals surface area contributed by atoms with E-state index in [9.17, 15) is 9.50 Å². The van der Waals surface area contributed by atoms with Crippen molar-refractivity contribution in [3.63, 3.8) is 0 Å². The predicted molar refractivity (Wildman–Crippen MR) is 87.7 cm³/mol. The number of hydrogen-bond donors (Lipinski definition) is 1. The summed E-state index contributed by atoms with van der Waals surface area (Å²) < 4.78 is 14.1. The smallest absolute Gasteiger partial charge is 0.151 e. The number of benzene rings is 1. The second-order valence-electron chi connectivity index (χ2n) is 5.57. The molecule has 0 fully saturated rings. The number of rotatable bonds is 1. The van der Waals surface area contributed by atoms with Crippen molar-refractivity contribution in [3.05, 3.63) is 44.4 Å². The molecule has 0 aliphatic heterocycles. The quantitative estimate of drug-likeness (QED) is 0.526. The second kappa shape index (κ2) is 5.48. The van der Waals surface area contributed by atoms with Crippen LogP contribution in [-0.2, 0) is 5.41 Å². The third-order valence-electron chi connectivity index (χ3n) is 2.97. The van der Waals surface area contributed by atoms with Crippen LogP contribution in [0.3, 0.4) is 0 Å². The van der Waals surface area contributed by atoms with Crippen LogP contribution in [0, 0.1) is 9.52 Å². The van der Waals surface area contributed by atoms with E-state index in [1.54, 1.807) is 12.1 Å². The Hall–Kier alpha value is -0.880. The average molecular weight is 406 g/mol. The van der Waals surface area contributed by atoms with Crippen LogP contribution in [0.5, 0.6) is 5.75 Å². The van der Waals surface area contributed by atoms with Crippen LogP contribution in [0.2, 0.25) is 5.02 Å². The van der Waals surface area contributed by atoms with Gasteiger partial charge in [-0.2, -0.15) is 0 Å². The first-order valence-corrected chi connectivity index (χ1v) is 7.51. The molecule has 0 aliphatic rings. The van der Waals surface area contributed by atoms with Gasteiger partial charge in [0, 0.05) is 11.1 Å². The van der Waals surface area contributed by atoms with Crippen LogP contribution < -0.4 is 0 Å². The Labute approximate surface area is 136 Å². The van der Waals surface area contributed by atoms with E-state index in [1.165, 1.54) is 12.1 Å². The maximum Gasteiger partial charge on any atom is 0.151 e. The minimum Gasteiger partial charge on any atom is -0.505 e. The standard InChI is InChI=1S/C15H14ClFINO/c1-15(2,3)9-7-12(19-14(18)13(9)20)8-4-5-10(16)11(17)6-8/h4-7,20H,1-3H3. The largest absolute Gasteiger partial charge is 0.505 e. The van der Waals surface area contributed by atoms with E-state index >= 15 is 0 Å². The summed E-state index contributed by atoms with van der Waals surface area (Å²) >= 11 is 7.67. The number of pyridine rings is 1. The molecule has 1 aromatic carbocycles. The van der Waals surface area contributed by atoms with E-state index in [-0.39, 0.29) is 16.2 Å². The lowest BCUT2D eigenvalue weighted by molar-refractivity contribution is 0.440. The number of aromatic hydroxyl groups is 1. The molecule has 2 nitrogen and oxygen atoms in total. The fourth-order valence-corrected chi connectivity index (χ4v) is 2.55. The molecule has 0 aliphatic carbocycles. The van der Waals surface area contributed by atoms with Gasteiger partial charge in [-0.25, -0.2) is 9.37 Å². The van der Waals surface area contributed by atoms with Crippen LogP contribution in [-0.4, -0.2) is 10.1 Å². The zero-order valence-corrected chi connectivity index (χ0v) is 14.3. The van der Waals surface area contributed by atoms with Crippen molar-refractivity contribution in [2.75, 3.05) is 0 Å². The van der Waals surface area contributed by atoms with E-state index in [2.05, 4.69) is 4.98 Å². The maximum atomic E-state index is 13.6. The Bertz CT molecular complexity index is 668. The Morgan fingerprint density at radius 3 is 2.45 bits per heavy atom. The summed E-state index contributed by atoms with van der Waals surface area (Å²) in [5.41, 5.74) is 1.80. The third-order valence-corrected chi connectivity index (χ3v) is 4.03. The molecule has 106 valence electrons. The second-order valence-corrected chi connectivity index (χ2v) is 7.00. The highest BCUT2D eigenvalue weighted by Gasteiger charge is 2.22. The number of nitrogens with zero attached hydrogens (tertiary/aromatic N) is 1. The van der Waals surface area contributed by atoms with Gasteiger partial charge in [0.1, 0.15) is 9.52 Å². The van der Waals surface area contributed by atoms with E-state index in [0.29, 0.717) is 15.0 Å². The minimum atomic E-state index is -0.480. The molecule has 0 spiro atoms. The van der Waals surface area contributed by atoms with Crippen LogP contribution in [0.1, 0.15) is 26.3 Å². The Morgan fingerprint density at radius 1 is 1.25 bits per heavy atom. The van der Waals surface area contributed by atoms with Crippen molar-refractivity contribution in [2.24, 2.45) is 0 Å². The van der Waals surface area contributed by atoms with Gasteiger partial charge < -0.3 is 5.11 Å². The summed E-state index contributed by atoms with van der Waals surface area (Å²) in [6, 6.07) is 6.36. The van der Waals surface area contributed by atoms with Gasteiger partial charge in [-0.1, -0.05) is 38.4 Å². The summed E-state index contributed by atoms with van der Waals surface area (Å²) in [6.07, 6.45) is 0. The van der Waals surface area contributed by atoms with Gasteiger partial charge >= 0.3 is 0 Å². The van der Waals surface area contributed by atoms with Crippen molar-refractivity contribution >= 4 is 34.2 Å². The molecule has 0 radical (unpaired) electrons. The van der Waals surface area contributed by atoms with Crippen molar-refractivity contribution in [2.45, 2.75) is 26.2 Å². The van der Waals surface area contributed by atoms with Crippen LogP contribution in [0.4, 0.5) is 4.39 Å². The van der Waals surface area contributed by atoms with Crippen LogP contribution in [0.15, 0.2) is 24.3 Å². The van der Waals surface area contributed by atoms with Crippen LogP contribution >= 0.6 is 34.2 Å². The van der Waals surface area contributed by atoms with Crippen molar-refractivity contribution < 1.29 is 9.50 Å². The van der Waals surface area contributed by atoms with Gasteiger partial charge in [0.25, 0.3) is 0 Å². The monoisotopic (exact) mass is 405 g/mol. The zero-order valence-electron chi connectivity index (χ0n) is 11.3. The van der Waals surface area contributed by atoms with Gasteiger partial charge in [0.2, 0.25) is 0 Å². The fourth-order valence-electron chi connectivity index (χ4n) is 1.88. The fraction of sp³-hybridized carbons (Fsp3) is 0.267. The highest BCUT2D eigenvalue weighted by Crippen LogP contribution is 2.36. The van der Waals surface area contributed by atoms with Gasteiger partial charge in [-0.05, 0) is 46.2 Å². The molecule has 1 N–H and O–H groups in total. The molecule has 0 saturated heterocycles. The third kappa shape index (κ3) is 3.06. The topological polar surface area (TPSA) is 33.1 Å². The molecule has 5 heteroatoms. The van der Waals surface area contributed by atoms with Crippen LogP contribution in [0.25, 0.3) is 11.3 Å². The molecular weight excluding hydrogens is 392 g/mol. The summed E-state index contributed by atoms with van der Waals surface area (Å²) in [6.45, 7) is 6.01. The summed E-state index contributed by atoms with van der Waals surface area (Å²) in [7, 11) is 0. The maximum absolute atomic E-state index is 13.6. The lowest BCUT2D eigenvalue weighted by Gasteiger charge is -2.21. The first-order chi connectivity index (χ1) is 9.20. The van der Waals surface area contributed by atoms with E-state index in [0.717, 1.165) is 5.56 Å². The van der Waals surface area contributed by atoms with E-state index in [4.69, 9.17) is 11.6 Å². The summed E-state index contributed by atoms with van der Waals surface area (Å²) in [5, 5.41) is 10.2. The highest BCUT2D eigenvalue weighted by atomic mass is 127. The molecule has 1 heterocycles. The number of halogens is 3. The van der Waals surface area contributed by atoms with E-state index < -0.39 is 5.82 Å². The number of aromatic nitrogens is 1. The molecule has 1 aromatic heterocycles.